The molecule has 4 nitrogen and oxygen atoms in total. The number of esters is 1. The highest BCUT2D eigenvalue weighted by molar-refractivity contribution is 5.86. The second-order valence-electron chi connectivity index (χ2n) is 3.72. The molecule has 0 atom stereocenters. The van der Waals surface area contributed by atoms with Crippen molar-refractivity contribution in [1.29, 1.82) is 0 Å². The van der Waals surface area contributed by atoms with Gasteiger partial charge in [0, 0.05) is 12.4 Å². The molecule has 1 rings (SSSR count). The van der Waals surface area contributed by atoms with E-state index in [-0.39, 0.29) is 17.9 Å². The first-order valence-corrected chi connectivity index (χ1v) is 5.55. The third-order valence-corrected chi connectivity index (χ3v) is 2.27. The first kappa shape index (κ1) is 14.2. The van der Waals surface area contributed by atoms with E-state index in [2.05, 4.69) is 9.97 Å². The molecule has 0 bridgehead atoms. The number of hydrogen-bond donors (Lipinski definition) is 0. The Morgan fingerprint density at radius 2 is 2.11 bits per heavy atom. The van der Waals surface area contributed by atoms with Gasteiger partial charge in [0.1, 0.15) is 0 Å². The Kier molecular flexibility index (Phi) is 5.90. The molecular weight excluding hydrogens is 242 g/mol. The second-order valence-corrected chi connectivity index (χ2v) is 3.72. The SMILES string of the molecule is CC(CCCCOC(=O)c1cnccn1)=C(F)F. The van der Waals surface area contributed by atoms with Gasteiger partial charge < -0.3 is 4.74 Å². The molecule has 0 N–H and O–H groups in total. The van der Waals surface area contributed by atoms with Gasteiger partial charge in [0.05, 0.1) is 12.8 Å². The van der Waals surface area contributed by atoms with Crippen molar-refractivity contribution in [2.24, 2.45) is 0 Å². The average Bonchev–Trinajstić information content (AvgIpc) is 2.38. The molecule has 0 amide bonds. The highest BCUT2D eigenvalue weighted by Gasteiger charge is 2.07. The molecule has 0 aliphatic carbocycles. The van der Waals surface area contributed by atoms with Crippen molar-refractivity contribution in [3.8, 4) is 0 Å². The van der Waals surface area contributed by atoms with Gasteiger partial charge in [-0.15, -0.1) is 0 Å². The lowest BCUT2D eigenvalue weighted by Crippen LogP contribution is -2.08. The minimum atomic E-state index is -1.63. The number of ether oxygens (including phenoxy) is 1. The molecule has 6 heteroatoms. The second kappa shape index (κ2) is 7.47. The molecule has 1 aromatic rings. The summed E-state index contributed by atoms with van der Waals surface area (Å²) in [6, 6.07) is 0. The lowest BCUT2D eigenvalue weighted by Gasteiger charge is -2.03. The molecule has 0 spiro atoms. The Bertz CT molecular complexity index is 417. The zero-order chi connectivity index (χ0) is 13.4. The minimum Gasteiger partial charge on any atom is -0.461 e. The summed E-state index contributed by atoms with van der Waals surface area (Å²) in [5.41, 5.74) is 0.221. The zero-order valence-corrected chi connectivity index (χ0v) is 10.0. The van der Waals surface area contributed by atoms with Gasteiger partial charge in [-0.3, -0.25) is 4.98 Å². The van der Waals surface area contributed by atoms with Gasteiger partial charge in [0.2, 0.25) is 0 Å². The number of unbranched alkanes of at least 4 members (excludes halogenated alkanes) is 1. The average molecular weight is 256 g/mol. The molecule has 0 aliphatic heterocycles. The number of allylic oxidation sites excluding steroid dienone is 1. The van der Waals surface area contributed by atoms with E-state index in [4.69, 9.17) is 4.74 Å². The number of halogens is 2. The molecule has 0 radical (unpaired) electrons. The topological polar surface area (TPSA) is 52.1 Å². The van der Waals surface area contributed by atoms with Gasteiger partial charge in [0.15, 0.2) is 5.69 Å². The van der Waals surface area contributed by atoms with Crippen LogP contribution in [0.2, 0.25) is 0 Å². The van der Waals surface area contributed by atoms with E-state index in [0.717, 1.165) is 0 Å². The monoisotopic (exact) mass is 256 g/mol. The Morgan fingerprint density at radius 3 is 2.72 bits per heavy atom. The van der Waals surface area contributed by atoms with E-state index in [9.17, 15) is 13.6 Å². The Morgan fingerprint density at radius 1 is 1.33 bits per heavy atom. The zero-order valence-electron chi connectivity index (χ0n) is 10.0. The van der Waals surface area contributed by atoms with Gasteiger partial charge in [-0.2, -0.15) is 8.78 Å². The van der Waals surface area contributed by atoms with Crippen LogP contribution >= 0.6 is 0 Å². The predicted molar refractivity (Wildman–Crippen MR) is 61.1 cm³/mol. The number of carbonyl (C=O) groups excluding carboxylic acids is 1. The highest BCUT2D eigenvalue weighted by atomic mass is 19.3. The summed E-state index contributed by atoms with van der Waals surface area (Å²) in [6.45, 7) is 1.58. The van der Waals surface area contributed by atoms with Gasteiger partial charge in [-0.25, -0.2) is 9.78 Å². The van der Waals surface area contributed by atoms with Crippen LogP contribution in [0.25, 0.3) is 0 Å². The van der Waals surface area contributed by atoms with Gasteiger partial charge in [-0.1, -0.05) is 0 Å². The van der Waals surface area contributed by atoms with Gasteiger partial charge >= 0.3 is 5.97 Å². The van der Waals surface area contributed by atoms with Crippen molar-refractivity contribution in [1.82, 2.24) is 9.97 Å². The van der Waals surface area contributed by atoms with Crippen LogP contribution < -0.4 is 0 Å². The summed E-state index contributed by atoms with van der Waals surface area (Å²) in [4.78, 5) is 18.9. The smallest absolute Gasteiger partial charge is 0.358 e. The largest absolute Gasteiger partial charge is 0.461 e. The summed E-state index contributed by atoms with van der Waals surface area (Å²) in [5, 5.41) is 0. The Hall–Kier alpha value is -1.85. The molecule has 98 valence electrons. The standard InChI is InChI=1S/C12H14F2N2O2/c1-9(11(13)14)4-2-3-7-18-12(17)10-8-15-5-6-16-10/h5-6,8H,2-4,7H2,1H3. The van der Waals surface area contributed by atoms with E-state index in [1.54, 1.807) is 0 Å². The highest BCUT2D eigenvalue weighted by Crippen LogP contribution is 2.13. The summed E-state index contributed by atoms with van der Waals surface area (Å²) in [6.07, 6.45) is 3.94. The summed E-state index contributed by atoms with van der Waals surface area (Å²) in [5.74, 6) is -0.549. The van der Waals surface area contributed by atoms with Crippen molar-refractivity contribution >= 4 is 5.97 Å². The number of carbonyl (C=O) groups is 1. The molecule has 0 aliphatic rings. The minimum absolute atomic E-state index is 0.0789. The summed E-state index contributed by atoms with van der Waals surface area (Å²) < 4.78 is 29.1. The van der Waals surface area contributed by atoms with E-state index >= 15 is 0 Å². The number of aromatic nitrogens is 2. The lowest BCUT2D eigenvalue weighted by molar-refractivity contribution is 0.0491. The molecule has 0 saturated carbocycles. The van der Waals surface area contributed by atoms with Crippen molar-refractivity contribution in [3.63, 3.8) is 0 Å². The van der Waals surface area contributed by atoms with Crippen molar-refractivity contribution in [2.45, 2.75) is 26.2 Å². The van der Waals surface area contributed by atoms with Gasteiger partial charge in [0.25, 0.3) is 6.08 Å². The third-order valence-electron chi connectivity index (χ3n) is 2.27. The molecule has 0 unspecified atom stereocenters. The van der Waals surface area contributed by atoms with E-state index in [1.807, 2.05) is 0 Å². The quantitative estimate of drug-likeness (QED) is 0.580. The summed E-state index contributed by atoms with van der Waals surface area (Å²) in [7, 11) is 0. The Balaban J connectivity index is 2.19. The molecule has 18 heavy (non-hydrogen) atoms. The number of nitrogens with zero attached hydrogens (tertiary/aromatic N) is 2. The van der Waals surface area contributed by atoms with Crippen LogP contribution in [-0.4, -0.2) is 22.5 Å². The normalized spacial score (nSPS) is 9.94. The van der Waals surface area contributed by atoms with Crippen LogP contribution in [-0.2, 0) is 4.74 Å². The molecule has 0 saturated heterocycles. The van der Waals surface area contributed by atoms with Crippen LogP contribution in [0.3, 0.4) is 0 Å². The van der Waals surface area contributed by atoms with Crippen molar-refractivity contribution < 1.29 is 18.3 Å². The number of rotatable bonds is 6. The van der Waals surface area contributed by atoms with Crippen LogP contribution in [0.15, 0.2) is 30.2 Å². The van der Waals surface area contributed by atoms with Crippen LogP contribution in [0.4, 0.5) is 8.78 Å². The van der Waals surface area contributed by atoms with Crippen LogP contribution in [0, 0.1) is 0 Å². The maximum Gasteiger partial charge on any atom is 0.358 e. The third kappa shape index (κ3) is 4.99. The van der Waals surface area contributed by atoms with Crippen LogP contribution in [0.1, 0.15) is 36.7 Å². The lowest BCUT2D eigenvalue weighted by atomic mass is 10.1. The van der Waals surface area contributed by atoms with Gasteiger partial charge in [-0.05, 0) is 31.8 Å². The molecule has 1 aromatic heterocycles. The van der Waals surface area contributed by atoms with E-state index in [0.29, 0.717) is 19.3 Å². The van der Waals surface area contributed by atoms with Crippen molar-refractivity contribution in [3.05, 3.63) is 35.9 Å². The fourth-order valence-electron chi connectivity index (χ4n) is 1.23. The fraction of sp³-hybridized carbons (Fsp3) is 0.417. The maximum atomic E-state index is 12.1. The first-order chi connectivity index (χ1) is 8.61. The Labute approximate surface area is 104 Å². The fourth-order valence-corrected chi connectivity index (χ4v) is 1.23. The predicted octanol–water partition coefficient (Wildman–Crippen LogP) is 2.97. The number of hydrogen-bond acceptors (Lipinski definition) is 4. The summed E-state index contributed by atoms with van der Waals surface area (Å²) >= 11 is 0. The first-order valence-electron chi connectivity index (χ1n) is 5.55. The van der Waals surface area contributed by atoms with E-state index < -0.39 is 12.0 Å². The molecule has 0 fully saturated rings. The van der Waals surface area contributed by atoms with Crippen LogP contribution in [0.5, 0.6) is 0 Å². The maximum absolute atomic E-state index is 12.1. The molecular formula is C12H14F2N2O2. The van der Waals surface area contributed by atoms with E-state index in [1.165, 1.54) is 25.5 Å². The van der Waals surface area contributed by atoms with Crippen molar-refractivity contribution in [2.75, 3.05) is 6.61 Å². The molecule has 1 heterocycles. The molecule has 0 aromatic carbocycles.